The highest BCUT2D eigenvalue weighted by Crippen LogP contribution is 2.31. The number of aryl methyl sites for hydroxylation is 1. The number of carbonyl (C=O) groups excluding carboxylic acids is 3. The molecule has 1 aliphatic heterocycles. The van der Waals surface area contributed by atoms with E-state index in [9.17, 15) is 14.4 Å². The molecule has 1 aliphatic rings. The first-order valence-corrected chi connectivity index (χ1v) is 9.20. The molecular weight excluding hydrogens is 416 g/mol. The quantitative estimate of drug-likeness (QED) is 0.730. The molecule has 1 N–H and O–H groups in total. The molecule has 1 fully saturated rings. The van der Waals surface area contributed by atoms with Crippen LogP contribution in [0, 0.1) is 12.8 Å². The third kappa shape index (κ3) is 4.05. The van der Waals surface area contributed by atoms with Crippen LogP contribution < -0.4 is 10.2 Å². The fourth-order valence-electron chi connectivity index (χ4n) is 3.05. The van der Waals surface area contributed by atoms with Crippen molar-refractivity contribution in [3.63, 3.8) is 0 Å². The first-order valence-electron chi connectivity index (χ1n) is 8.41. The van der Waals surface area contributed by atoms with E-state index in [1.54, 1.807) is 17.9 Å². The van der Waals surface area contributed by atoms with Gasteiger partial charge in [-0.3, -0.25) is 9.59 Å². The van der Waals surface area contributed by atoms with E-state index in [1.807, 2.05) is 24.3 Å². The largest absolute Gasteiger partial charge is 0.465 e. The van der Waals surface area contributed by atoms with Gasteiger partial charge in [-0.05, 0) is 41.1 Å². The van der Waals surface area contributed by atoms with Gasteiger partial charge in [-0.25, -0.2) is 4.79 Å². The highest BCUT2D eigenvalue weighted by molar-refractivity contribution is 9.10. The molecule has 0 aliphatic carbocycles. The predicted octanol–water partition coefficient (Wildman–Crippen LogP) is 2.81. The van der Waals surface area contributed by atoms with Gasteiger partial charge in [0.2, 0.25) is 11.8 Å². The van der Waals surface area contributed by atoms with Crippen LogP contribution in [0.25, 0.3) is 0 Å². The predicted molar refractivity (Wildman–Crippen MR) is 101 cm³/mol. The van der Waals surface area contributed by atoms with Crippen LogP contribution in [0.2, 0.25) is 0 Å². The molecule has 27 heavy (non-hydrogen) atoms. The first kappa shape index (κ1) is 19.2. The Kier molecular flexibility index (Phi) is 5.65. The molecule has 1 atom stereocenters. The summed E-state index contributed by atoms with van der Waals surface area (Å²) in [6.45, 7) is 2.11. The van der Waals surface area contributed by atoms with E-state index in [4.69, 9.17) is 4.42 Å². The fourth-order valence-corrected chi connectivity index (χ4v) is 3.55. The van der Waals surface area contributed by atoms with Crippen molar-refractivity contribution >= 4 is 39.4 Å². The van der Waals surface area contributed by atoms with Gasteiger partial charge in [0.1, 0.15) is 17.1 Å². The molecule has 1 saturated heterocycles. The van der Waals surface area contributed by atoms with Crippen molar-refractivity contribution in [3.05, 3.63) is 51.9 Å². The monoisotopic (exact) mass is 434 g/mol. The van der Waals surface area contributed by atoms with Crippen molar-refractivity contribution in [1.82, 2.24) is 5.32 Å². The minimum atomic E-state index is -0.487. The van der Waals surface area contributed by atoms with Crippen molar-refractivity contribution < 1.29 is 23.5 Å². The molecule has 142 valence electrons. The van der Waals surface area contributed by atoms with E-state index in [1.165, 1.54) is 7.11 Å². The Bertz CT molecular complexity index is 892. The van der Waals surface area contributed by atoms with Gasteiger partial charge in [0.25, 0.3) is 0 Å². The Hall–Kier alpha value is -2.61. The lowest BCUT2D eigenvalue weighted by Crippen LogP contribution is -2.32. The first-order chi connectivity index (χ1) is 12.9. The number of amides is 2. The number of carbonyl (C=O) groups is 3. The van der Waals surface area contributed by atoms with Crippen molar-refractivity contribution in [2.45, 2.75) is 19.9 Å². The van der Waals surface area contributed by atoms with Crippen molar-refractivity contribution in [2.24, 2.45) is 5.92 Å². The van der Waals surface area contributed by atoms with Crippen LogP contribution in [-0.4, -0.2) is 31.4 Å². The number of para-hydroxylation sites is 1. The molecule has 1 aromatic heterocycles. The van der Waals surface area contributed by atoms with E-state index in [-0.39, 0.29) is 24.8 Å². The van der Waals surface area contributed by atoms with Gasteiger partial charge in [0, 0.05) is 17.4 Å². The smallest absolute Gasteiger partial charge is 0.341 e. The number of methoxy groups -OCH3 is 1. The lowest BCUT2D eigenvalue weighted by Gasteiger charge is -2.18. The molecule has 2 amide bonds. The molecule has 0 unspecified atom stereocenters. The Morgan fingerprint density at radius 3 is 2.81 bits per heavy atom. The number of nitrogens with one attached hydrogen (secondary N) is 1. The third-order valence-corrected chi connectivity index (χ3v) is 5.12. The molecule has 7 nitrogen and oxygen atoms in total. The normalized spacial score (nSPS) is 16.5. The van der Waals surface area contributed by atoms with Crippen LogP contribution in [0.4, 0.5) is 5.69 Å². The zero-order valence-corrected chi connectivity index (χ0v) is 16.5. The Morgan fingerprint density at radius 1 is 1.37 bits per heavy atom. The minimum absolute atomic E-state index is 0.0936. The summed E-state index contributed by atoms with van der Waals surface area (Å²) < 4.78 is 11.0. The van der Waals surface area contributed by atoms with Gasteiger partial charge in [-0.1, -0.05) is 12.1 Å². The van der Waals surface area contributed by atoms with Gasteiger partial charge in [-0.2, -0.15) is 0 Å². The molecule has 0 radical (unpaired) electrons. The highest BCUT2D eigenvalue weighted by atomic mass is 79.9. The number of anilines is 1. The van der Waals surface area contributed by atoms with Crippen LogP contribution >= 0.6 is 15.9 Å². The van der Waals surface area contributed by atoms with E-state index in [0.717, 1.165) is 10.2 Å². The molecule has 0 spiro atoms. The highest BCUT2D eigenvalue weighted by Gasteiger charge is 2.35. The molecule has 3 rings (SSSR count). The standard InChI is InChI=1S/C19H19BrN2O5/c1-11-14(19(25)26-2)8-13(27-11)9-21-18(24)12-7-17(23)22(10-12)16-6-4-3-5-15(16)20/h3-6,8,12H,7,9-10H2,1-2H3,(H,21,24)/t12-/m1/s1. The van der Waals surface area contributed by atoms with Gasteiger partial charge in [0.05, 0.1) is 25.3 Å². The zero-order valence-electron chi connectivity index (χ0n) is 15.0. The van der Waals surface area contributed by atoms with Gasteiger partial charge in [-0.15, -0.1) is 0 Å². The Balaban J connectivity index is 1.62. The number of hydrogen-bond acceptors (Lipinski definition) is 5. The van der Waals surface area contributed by atoms with Gasteiger partial charge >= 0.3 is 5.97 Å². The van der Waals surface area contributed by atoms with E-state index < -0.39 is 11.9 Å². The second-order valence-corrected chi connectivity index (χ2v) is 7.10. The maximum Gasteiger partial charge on any atom is 0.341 e. The number of furan rings is 1. The van der Waals surface area contributed by atoms with Crippen LogP contribution in [-0.2, 0) is 20.9 Å². The maximum atomic E-state index is 12.5. The molecule has 8 heteroatoms. The summed E-state index contributed by atoms with van der Waals surface area (Å²) in [5.41, 5.74) is 1.08. The number of esters is 1. The zero-order chi connectivity index (χ0) is 19.6. The number of ether oxygens (including phenoxy) is 1. The summed E-state index contributed by atoms with van der Waals surface area (Å²) >= 11 is 3.43. The molecule has 1 aromatic carbocycles. The SMILES string of the molecule is COC(=O)c1cc(CNC(=O)[C@@H]2CC(=O)N(c3ccccc3Br)C2)oc1C. The second-order valence-electron chi connectivity index (χ2n) is 6.25. The van der Waals surface area contributed by atoms with Crippen molar-refractivity contribution in [2.75, 3.05) is 18.6 Å². The van der Waals surface area contributed by atoms with E-state index in [2.05, 4.69) is 26.0 Å². The Labute approximate surface area is 164 Å². The Morgan fingerprint density at radius 2 is 2.11 bits per heavy atom. The molecule has 0 bridgehead atoms. The average Bonchev–Trinajstić information content (AvgIpc) is 3.22. The number of benzene rings is 1. The van der Waals surface area contributed by atoms with Gasteiger partial charge in [0.15, 0.2) is 0 Å². The lowest BCUT2D eigenvalue weighted by molar-refractivity contribution is -0.126. The summed E-state index contributed by atoms with van der Waals surface area (Å²) in [4.78, 5) is 38.0. The van der Waals surface area contributed by atoms with Crippen LogP contribution in [0.5, 0.6) is 0 Å². The van der Waals surface area contributed by atoms with E-state index in [0.29, 0.717) is 23.6 Å². The van der Waals surface area contributed by atoms with Gasteiger partial charge < -0.3 is 19.4 Å². The number of halogens is 1. The second kappa shape index (κ2) is 7.96. The van der Waals surface area contributed by atoms with Crippen molar-refractivity contribution in [3.8, 4) is 0 Å². The topological polar surface area (TPSA) is 88.8 Å². The number of hydrogen-bond donors (Lipinski definition) is 1. The minimum Gasteiger partial charge on any atom is -0.465 e. The fraction of sp³-hybridized carbons (Fsp3) is 0.316. The lowest BCUT2D eigenvalue weighted by atomic mass is 10.1. The summed E-state index contributed by atoms with van der Waals surface area (Å²) in [7, 11) is 1.30. The maximum absolute atomic E-state index is 12.5. The summed E-state index contributed by atoms with van der Waals surface area (Å²) in [5, 5.41) is 2.77. The van der Waals surface area contributed by atoms with Crippen LogP contribution in [0.1, 0.15) is 28.3 Å². The number of rotatable bonds is 5. The average molecular weight is 435 g/mol. The summed E-state index contributed by atoms with van der Waals surface area (Å²) in [5.74, 6) is -0.369. The van der Waals surface area contributed by atoms with E-state index >= 15 is 0 Å². The van der Waals surface area contributed by atoms with Crippen LogP contribution in [0.3, 0.4) is 0 Å². The van der Waals surface area contributed by atoms with Crippen LogP contribution in [0.15, 0.2) is 39.2 Å². The third-order valence-electron chi connectivity index (χ3n) is 4.45. The molecule has 2 heterocycles. The molecule has 2 aromatic rings. The summed E-state index contributed by atoms with van der Waals surface area (Å²) in [6.07, 6.45) is 0.151. The molecule has 0 saturated carbocycles. The molecular formula is C19H19BrN2O5. The number of nitrogens with zero attached hydrogens (tertiary/aromatic N) is 1. The summed E-state index contributed by atoms with van der Waals surface area (Å²) in [6, 6.07) is 8.95. The van der Waals surface area contributed by atoms with Crippen molar-refractivity contribution in [1.29, 1.82) is 0 Å².